The van der Waals surface area contributed by atoms with Gasteiger partial charge >= 0.3 is 12.0 Å². The number of ether oxygens (including phenoxy) is 1. The van der Waals surface area contributed by atoms with Gasteiger partial charge in [-0.25, -0.2) is 9.18 Å². The number of benzene rings is 1. The number of imide groups is 1. The van der Waals surface area contributed by atoms with Gasteiger partial charge in [-0.1, -0.05) is 17.7 Å². The quantitative estimate of drug-likeness (QED) is 0.541. The maximum atomic E-state index is 13.4. The van der Waals surface area contributed by atoms with Crippen molar-refractivity contribution in [2.24, 2.45) is 0 Å². The summed E-state index contributed by atoms with van der Waals surface area (Å²) in [6, 6.07) is 2.96. The van der Waals surface area contributed by atoms with Crippen LogP contribution in [0.5, 0.6) is 0 Å². The minimum absolute atomic E-state index is 0.00200. The normalized spacial score (nSPS) is 18.8. The van der Waals surface area contributed by atoms with E-state index in [2.05, 4.69) is 10.1 Å². The Hall–Kier alpha value is -2.68. The van der Waals surface area contributed by atoms with E-state index in [9.17, 15) is 23.6 Å². The molecule has 0 saturated carbocycles. The Labute approximate surface area is 166 Å². The van der Waals surface area contributed by atoms with E-state index < -0.39 is 41.7 Å². The van der Waals surface area contributed by atoms with Crippen LogP contribution in [-0.2, 0) is 24.7 Å². The molecule has 28 heavy (non-hydrogen) atoms. The van der Waals surface area contributed by atoms with Gasteiger partial charge in [0.2, 0.25) is 5.91 Å². The predicted octanol–water partition coefficient (Wildman–Crippen LogP) is 1.66. The van der Waals surface area contributed by atoms with E-state index in [0.29, 0.717) is 12.1 Å². The minimum Gasteiger partial charge on any atom is -0.469 e. The van der Waals surface area contributed by atoms with Crippen LogP contribution in [0.4, 0.5) is 9.18 Å². The Bertz CT molecular complexity index is 818. The van der Waals surface area contributed by atoms with Crippen molar-refractivity contribution in [2.75, 3.05) is 26.7 Å². The SMILES string of the molecule is CCN(CCC(=O)OC)C(=O)CN1C(=O)NC(C)(c2ccc(F)c(Cl)c2)C1=O. The van der Waals surface area contributed by atoms with E-state index in [-0.39, 0.29) is 18.0 Å². The lowest BCUT2D eigenvalue weighted by Crippen LogP contribution is -2.45. The molecule has 1 fully saturated rings. The molecule has 0 aliphatic carbocycles. The topological polar surface area (TPSA) is 96.0 Å². The summed E-state index contributed by atoms with van der Waals surface area (Å²) in [5.41, 5.74) is -1.18. The summed E-state index contributed by atoms with van der Waals surface area (Å²) in [5, 5.41) is 2.34. The van der Waals surface area contributed by atoms with Gasteiger partial charge in [0.25, 0.3) is 5.91 Å². The first-order valence-electron chi connectivity index (χ1n) is 8.58. The van der Waals surface area contributed by atoms with Crippen molar-refractivity contribution in [1.82, 2.24) is 15.1 Å². The molecule has 1 unspecified atom stereocenters. The van der Waals surface area contributed by atoms with Gasteiger partial charge in [0.15, 0.2) is 0 Å². The van der Waals surface area contributed by atoms with Gasteiger partial charge in [-0.3, -0.25) is 19.3 Å². The van der Waals surface area contributed by atoms with Gasteiger partial charge in [0.1, 0.15) is 17.9 Å². The average Bonchev–Trinajstić information content (AvgIpc) is 2.88. The summed E-state index contributed by atoms with van der Waals surface area (Å²) >= 11 is 5.78. The van der Waals surface area contributed by atoms with Gasteiger partial charge in [0.05, 0.1) is 18.6 Å². The zero-order chi connectivity index (χ0) is 21.1. The van der Waals surface area contributed by atoms with E-state index >= 15 is 0 Å². The summed E-state index contributed by atoms with van der Waals surface area (Å²) < 4.78 is 18.0. The van der Waals surface area contributed by atoms with Crippen molar-refractivity contribution in [3.8, 4) is 0 Å². The van der Waals surface area contributed by atoms with E-state index in [1.807, 2.05) is 0 Å². The molecule has 8 nitrogen and oxygen atoms in total. The molecular formula is C18H21ClFN3O5. The first-order valence-corrected chi connectivity index (χ1v) is 8.96. The number of hydrogen-bond donors (Lipinski definition) is 1. The fourth-order valence-electron chi connectivity index (χ4n) is 2.87. The average molecular weight is 414 g/mol. The fourth-order valence-corrected chi connectivity index (χ4v) is 3.05. The highest BCUT2D eigenvalue weighted by Gasteiger charge is 2.49. The molecule has 1 aliphatic rings. The van der Waals surface area contributed by atoms with Crippen LogP contribution >= 0.6 is 11.6 Å². The van der Waals surface area contributed by atoms with Crippen LogP contribution in [0.1, 0.15) is 25.8 Å². The number of carbonyl (C=O) groups excluding carboxylic acids is 4. The first kappa shape index (κ1) is 21.6. The number of amides is 4. The van der Waals surface area contributed by atoms with Crippen LogP contribution in [0.25, 0.3) is 0 Å². The van der Waals surface area contributed by atoms with Crippen molar-refractivity contribution >= 4 is 35.4 Å². The maximum absolute atomic E-state index is 13.4. The zero-order valence-electron chi connectivity index (χ0n) is 15.8. The van der Waals surface area contributed by atoms with Gasteiger partial charge in [-0.2, -0.15) is 0 Å². The highest BCUT2D eigenvalue weighted by Crippen LogP contribution is 2.31. The van der Waals surface area contributed by atoms with Crippen LogP contribution in [-0.4, -0.2) is 60.4 Å². The lowest BCUT2D eigenvalue weighted by molar-refractivity contribution is -0.143. The van der Waals surface area contributed by atoms with Crippen LogP contribution in [0.2, 0.25) is 5.02 Å². The molecule has 1 aromatic carbocycles. The zero-order valence-corrected chi connectivity index (χ0v) is 16.5. The molecule has 1 atom stereocenters. The molecule has 1 saturated heterocycles. The summed E-state index contributed by atoms with van der Waals surface area (Å²) in [6.07, 6.45) is 0.00200. The van der Waals surface area contributed by atoms with Crippen LogP contribution < -0.4 is 5.32 Å². The highest BCUT2D eigenvalue weighted by molar-refractivity contribution is 6.30. The Morgan fingerprint density at radius 2 is 2.04 bits per heavy atom. The van der Waals surface area contributed by atoms with Crippen molar-refractivity contribution in [3.05, 3.63) is 34.6 Å². The third-order valence-corrected chi connectivity index (χ3v) is 4.90. The van der Waals surface area contributed by atoms with Gasteiger partial charge in [0, 0.05) is 13.1 Å². The monoisotopic (exact) mass is 413 g/mol. The molecule has 2 rings (SSSR count). The molecule has 0 spiro atoms. The molecule has 0 radical (unpaired) electrons. The number of urea groups is 1. The lowest BCUT2D eigenvalue weighted by Gasteiger charge is -2.24. The van der Waals surface area contributed by atoms with Gasteiger partial charge < -0.3 is 15.0 Å². The fraction of sp³-hybridized carbons (Fsp3) is 0.444. The summed E-state index contributed by atoms with van der Waals surface area (Å²) in [4.78, 5) is 51.1. The number of hydrogen-bond acceptors (Lipinski definition) is 5. The van der Waals surface area contributed by atoms with Crippen molar-refractivity contribution in [1.29, 1.82) is 0 Å². The molecule has 1 aliphatic heterocycles. The van der Waals surface area contributed by atoms with Crippen molar-refractivity contribution in [3.63, 3.8) is 0 Å². The maximum Gasteiger partial charge on any atom is 0.325 e. The molecule has 4 amide bonds. The number of esters is 1. The third kappa shape index (κ3) is 4.24. The number of nitrogens with one attached hydrogen (secondary N) is 1. The number of halogens is 2. The number of nitrogens with zero attached hydrogens (tertiary/aromatic N) is 2. The lowest BCUT2D eigenvalue weighted by atomic mass is 9.92. The Balaban J connectivity index is 2.15. The van der Waals surface area contributed by atoms with Crippen molar-refractivity contribution in [2.45, 2.75) is 25.8 Å². The number of carbonyl (C=O) groups is 4. The molecule has 1 heterocycles. The van der Waals surface area contributed by atoms with E-state index in [1.165, 1.54) is 31.1 Å². The number of methoxy groups -OCH3 is 1. The van der Waals surface area contributed by atoms with E-state index in [4.69, 9.17) is 11.6 Å². The second-order valence-electron chi connectivity index (χ2n) is 6.37. The highest BCUT2D eigenvalue weighted by atomic mass is 35.5. The molecule has 1 N–H and O–H groups in total. The minimum atomic E-state index is -1.47. The predicted molar refractivity (Wildman–Crippen MR) is 97.9 cm³/mol. The first-order chi connectivity index (χ1) is 13.1. The van der Waals surface area contributed by atoms with Crippen molar-refractivity contribution < 1.29 is 28.3 Å². The Kier molecular flexibility index (Phi) is 6.60. The summed E-state index contributed by atoms with van der Waals surface area (Å²) in [5.74, 6) is -2.27. The number of likely N-dealkylation sites (N-methyl/N-ethyl adjacent to an activating group) is 1. The van der Waals surface area contributed by atoms with Gasteiger partial charge in [-0.05, 0) is 31.5 Å². The molecule has 1 aromatic rings. The molecule has 0 aromatic heterocycles. The number of rotatable bonds is 7. The molecule has 0 bridgehead atoms. The van der Waals surface area contributed by atoms with E-state index in [0.717, 1.165) is 11.0 Å². The van der Waals surface area contributed by atoms with Gasteiger partial charge in [-0.15, -0.1) is 0 Å². The second kappa shape index (κ2) is 8.55. The molecular weight excluding hydrogens is 393 g/mol. The Morgan fingerprint density at radius 1 is 1.36 bits per heavy atom. The smallest absolute Gasteiger partial charge is 0.325 e. The second-order valence-corrected chi connectivity index (χ2v) is 6.78. The van der Waals surface area contributed by atoms with Crippen LogP contribution in [0.3, 0.4) is 0 Å². The Morgan fingerprint density at radius 3 is 2.61 bits per heavy atom. The van der Waals surface area contributed by atoms with E-state index in [1.54, 1.807) is 6.92 Å². The standard InChI is InChI=1S/C18H21ClFN3O5/c1-4-22(8-7-15(25)28-3)14(24)10-23-16(26)18(2,21-17(23)27)11-5-6-13(20)12(19)9-11/h5-6,9H,4,7-8,10H2,1-3H3,(H,21,27). The largest absolute Gasteiger partial charge is 0.469 e. The molecule has 10 heteroatoms. The third-order valence-electron chi connectivity index (χ3n) is 4.61. The molecule has 152 valence electrons. The van der Waals surface area contributed by atoms with Crippen LogP contribution in [0, 0.1) is 5.82 Å². The van der Waals surface area contributed by atoms with Crippen LogP contribution in [0.15, 0.2) is 18.2 Å². The summed E-state index contributed by atoms with van der Waals surface area (Å²) in [7, 11) is 1.25. The summed E-state index contributed by atoms with van der Waals surface area (Å²) in [6.45, 7) is 3.09.